The van der Waals surface area contributed by atoms with Crippen molar-refractivity contribution in [1.82, 2.24) is 0 Å². The Morgan fingerprint density at radius 3 is 1.50 bits per heavy atom. The first-order valence-electron chi connectivity index (χ1n) is 8.24. The highest BCUT2D eigenvalue weighted by atomic mass is 35.5. The quantitative estimate of drug-likeness (QED) is 0.453. The second-order valence-electron chi connectivity index (χ2n) is 6.38. The van der Waals surface area contributed by atoms with Crippen molar-refractivity contribution >= 4 is 11.6 Å². The maximum atomic E-state index is 6.97. The first-order chi connectivity index (χ1) is 11.7. The van der Waals surface area contributed by atoms with Crippen molar-refractivity contribution in [3.05, 3.63) is 108 Å². The average molecular weight is 335 g/mol. The molecule has 3 aromatic rings. The Kier molecular flexibility index (Phi) is 3.91. The van der Waals surface area contributed by atoms with E-state index in [1.54, 1.807) is 0 Å². The molecule has 1 aliphatic heterocycles. The van der Waals surface area contributed by atoms with Crippen LogP contribution in [0.1, 0.15) is 16.7 Å². The first kappa shape index (κ1) is 15.4. The van der Waals surface area contributed by atoms with Gasteiger partial charge in [-0.05, 0) is 11.1 Å². The molecule has 24 heavy (non-hydrogen) atoms. The highest BCUT2D eigenvalue weighted by Crippen LogP contribution is 2.61. The largest absolute Gasteiger partial charge is 0.340 e. The Morgan fingerprint density at radius 1 is 0.625 bits per heavy atom. The van der Waals surface area contributed by atoms with Crippen molar-refractivity contribution in [3.63, 3.8) is 0 Å². The minimum absolute atomic E-state index is 0.418. The van der Waals surface area contributed by atoms with E-state index in [0.717, 1.165) is 18.4 Å². The summed E-state index contributed by atoms with van der Waals surface area (Å²) in [7, 11) is 0. The van der Waals surface area contributed by atoms with Crippen LogP contribution in [-0.2, 0) is 22.6 Å². The minimum atomic E-state index is -0.764. The third-order valence-electron chi connectivity index (χ3n) is 4.69. The van der Waals surface area contributed by atoms with Gasteiger partial charge >= 0.3 is 0 Å². The normalized spacial score (nSPS) is 21.4. The van der Waals surface area contributed by atoms with E-state index in [2.05, 4.69) is 48.5 Å². The van der Waals surface area contributed by atoms with Gasteiger partial charge in [0.2, 0.25) is 0 Å². The monoisotopic (exact) mass is 334 g/mol. The number of hydrogen-bond donors (Lipinski definition) is 0. The second-order valence-corrected chi connectivity index (χ2v) is 6.91. The minimum Gasteiger partial charge on any atom is -0.340 e. The molecule has 1 saturated heterocycles. The second kappa shape index (κ2) is 6.08. The van der Waals surface area contributed by atoms with E-state index in [1.807, 2.05) is 42.5 Å². The van der Waals surface area contributed by atoms with Gasteiger partial charge in [0, 0.05) is 18.4 Å². The van der Waals surface area contributed by atoms with Gasteiger partial charge in [-0.15, -0.1) is 0 Å². The van der Waals surface area contributed by atoms with Gasteiger partial charge in [-0.3, -0.25) is 0 Å². The number of halogens is 1. The molecular weight excluding hydrogens is 316 g/mol. The number of alkyl halides is 1. The molecule has 2 heteroatoms. The van der Waals surface area contributed by atoms with Gasteiger partial charge in [0.15, 0.2) is 5.06 Å². The van der Waals surface area contributed by atoms with Gasteiger partial charge in [0.1, 0.15) is 5.60 Å². The average Bonchev–Trinajstić information content (AvgIpc) is 3.22. The van der Waals surface area contributed by atoms with Crippen molar-refractivity contribution in [2.75, 3.05) is 0 Å². The molecule has 1 unspecified atom stereocenters. The zero-order chi connectivity index (χ0) is 16.5. The van der Waals surface area contributed by atoms with Gasteiger partial charge in [-0.25, -0.2) is 0 Å². The molecular formula is C22H19ClO. The predicted molar refractivity (Wildman–Crippen MR) is 98.1 cm³/mol. The van der Waals surface area contributed by atoms with Gasteiger partial charge in [-0.1, -0.05) is 103 Å². The molecule has 0 aromatic heterocycles. The number of rotatable bonds is 5. The summed E-state index contributed by atoms with van der Waals surface area (Å²) in [6.07, 6.45) is 1.59. The lowest BCUT2D eigenvalue weighted by Gasteiger charge is -2.17. The van der Waals surface area contributed by atoms with E-state index in [1.165, 1.54) is 11.1 Å². The Hall–Kier alpha value is -2.09. The molecule has 0 N–H and O–H groups in total. The van der Waals surface area contributed by atoms with Crippen molar-refractivity contribution < 1.29 is 4.74 Å². The van der Waals surface area contributed by atoms with Crippen LogP contribution in [-0.4, -0.2) is 5.60 Å². The lowest BCUT2D eigenvalue weighted by molar-refractivity contribution is 0.283. The fraction of sp³-hybridized carbons (Fsp3) is 0.182. The summed E-state index contributed by atoms with van der Waals surface area (Å²) >= 11 is 6.97. The number of benzene rings is 3. The molecule has 4 rings (SSSR count). The number of ether oxygens (including phenoxy) is 1. The molecule has 0 saturated carbocycles. The van der Waals surface area contributed by atoms with Gasteiger partial charge in [0.05, 0.1) is 0 Å². The highest BCUT2D eigenvalue weighted by Gasteiger charge is 2.69. The maximum absolute atomic E-state index is 6.97. The van der Waals surface area contributed by atoms with E-state index in [4.69, 9.17) is 16.3 Å². The van der Waals surface area contributed by atoms with Crippen LogP contribution in [0.2, 0.25) is 0 Å². The highest BCUT2D eigenvalue weighted by molar-refractivity contribution is 6.25. The van der Waals surface area contributed by atoms with E-state index in [0.29, 0.717) is 0 Å². The van der Waals surface area contributed by atoms with Crippen molar-refractivity contribution in [2.45, 2.75) is 23.5 Å². The van der Waals surface area contributed by atoms with Crippen molar-refractivity contribution in [3.8, 4) is 0 Å². The molecule has 0 radical (unpaired) electrons. The summed E-state index contributed by atoms with van der Waals surface area (Å²) in [6, 6.07) is 31.0. The summed E-state index contributed by atoms with van der Waals surface area (Å²) in [6.45, 7) is 0. The van der Waals surface area contributed by atoms with Crippen LogP contribution >= 0.6 is 11.6 Å². The summed E-state index contributed by atoms with van der Waals surface area (Å²) in [5.41, 5.74) is 3.09. The van der Waals surface area contributed by atoms with Gasteiger partial charge < -0.3 is 4.74 Å². The Balaban J connectivity index is 1.69. The number of epoxide rings is 1. The fourth-order valence-corrected chi connectivity index (χ4v) is 3.84. The molecule has 0 aliphatic carbocycles. The summed E-state index contributed by atoms with van der Waals surface area (Å²) < 4.78 is 6.25. The third-order valence-corrected chi connectivity index (χ3v) is 5.33. The van der Waals surface area contributed by atoms with Crippen molar-refractivity contribution in [2.24, 2.45) is 0 Å². The topological polar surface area (TPSA) is 12.5 Å². The fourth-order valence-electron chi connectivity index (χ4n) is 3.43. The molecule has 0 amide bonds. The zero-order valence-corrected chi connectivity index (χ0v) is 14.1. The van der Waals surface area contributed by atoms with E-state index in [9.17, 15) is 0 Å². The summed E-state index contributed by atoms with van der Waals surface area (Å²) in [5, 5.41) is -0.764. The van der Waals surface area contributed by atoms with Crippen LogP contribution in [0.25, 0.3) is 0 Å². The Bertz CT molecular complexity index is 760. The van der Waals surface area contributed by atoms with Crippen LogP contribution in [0.4, 0.5) is 0 Å². The molecule has 120 valence electrons. The smallest absolute Gasteiger partial charge is 0.197 e. The molecule has 1 aliphatic rings. The van der Waals surface area contributed by atoms with E-state index in [-0.39, 0.29) is 0 Å². The number of hydrogen-bond acceptors (Lipinski definition) is 1. The molecule has 1 nitrogen and oxygen atoms in total. The van der Waals surface area contributed by atoms with Crippen LogP contribution in [0.3, 0.4) is 0 Å². The lowest BCUT2D eigenvalue weighted by Crippen LogP contribution is -2.26. The molecule has 1 atom stereocenters. The predicted octanol–water partition coefficient (Wildman–Crippen LogP) is 5.33. The van der Waals surface area contributed by atoms with E-state index >= 15 is 0 Å². The standard InChI is InChI=1S/C22H19ClO/c23-22(20-14-8-3-9-15-20)21(24-22,16-18-10-4-1-5-11-18)17-19-12-6-2-7-13-19/h1-15H,16-17H2. The Labute approximate surface area is 147 Å². The maximum Gasteiger partial charge on any atom is 0.197 e. The molecule has 0 spiro atoms. The first-order valence-corrected chi connectivity index (χ1v) is 8.62. The Morgan fingerprint density at radius 2 is 1.04 bits per heavy atom. The molecule has 3 aromatic carbocycles. The summed E-state index contributed by atoms with van der Waals surface area (Å²) in [4.78, 5) is 0. The zero-order valence-electron chi connectivity index (χ0n) is 13.4. The van der Waals surface area contributed by atoms with Crippen LogP contribution in [0.5, 0.6) is 0 Å². The molecule has 1 fully saturated rings. The molecule has 1 heterocycles. The SMILES string of the molecule is ClC1(c2ccccc2)OC1(Cc1ccccc1)Cc1ccccc1. The van der Waals surface area contributed by atoms with Crippen LogP contribution in [0.15, 0.2) is 91.0 Å². The van der Waals surface area contributed by atoms with Crippen molar-refractivity contribution in [1.29, 1.82) is 0 Å². The van der Waals surface area contributed by atoms with Gasteiger partial charge in [-0.2, -0.15) is 0 Å². The van der Waals surface area contributed by atoms with E-state index < -0.39 is 10.7 Å². The van der Waals surface area contributed by atoms with Gasteiger partial charge in [0.25, 0.3) is 0 Å². The summed E-state index contributed by atoms with van der Waals surface area (Å²) in [5.74, 6) is 0. The van der Waals surface area contributed by atoms with Crippen LogP contribution < -0.4 is 0 Å². The molecule has 0 bridgehead atoms. The lowest BCUT2D eigenvalue weighted by atomic mass is 9.86. The third kappa shape index (κ3) is 2.75. The van der Waals surface area contributed by atoms with Crippen LogP contribution in [0, 0.1) is 0 Å².